The Hall–Kier alpha value is -1.59. The normalized spacial score (nSPS) is 47.3. The van der Waals surface area contributed by atoms with Gasteiger partial charge in [-0.05, 0) is 44.4 Å². The fraction of sp³-hybridized carbons (Fsp3) is 0.611. The molecule has 4 atom stereocenters. The Bertz CT molecular complexity index is 1030. The maximum atomic E-state index is 13.0. The second kappa shape index (κ2) is 4.08. The molecule has 2 fully saturated rings. The lowest BCUT2D eigenvalue weighted by Crippen LogP contribution is -2.76. The number of aliphatic hydroxyl groups is 1. The van der Waals surface area contributed by atoms with Crippen molar-refractivity contribution in [2.75, 3.05) is 20.6 Å². The molecule has 1 spiro atoms. The predicted molar refractivity (Wildman–Crippen MR) is 83.0 cm³/mol. The molecule has 0 aromatic heterocycles. The van der Waals surface area contributed by atoms with Gasteiger partial charge in [-0.2, -0.15) is 0 Å². The third kappa shape index (κ3) is 1.32. The molecule has 23 heavy (non-hydrogen) atoms. The van der Waals surface area contributed by atoms with Crippen molar-refractivity contribution in [1.29, 1.82) is 1.43 Å². The molecule has 2 bridgehead atoms. The molecule has 5 heteroatoms. The van der Waals surface area contributed by atoms with E-state index in [-0.39, 0.29) is 49.8 Å². The molecule has 1 saturated carbocycles. The number of likely N-dealkylation sites (tertiary alicyclic amines) is 1. The van der Waals surface area contributed by atoms with Crippen molar-refractivity contribution in [1.82, 2.24) is 4.90 Å². The minimum atomic E-state index is -2.92. The van der Waals surface area contributed by atoms with Crippen LogP contribution in [0.1, 0.15) is 41.4 Å². The molecular weight excluding hydrogens is 294 g/mol. The third-order valence-corrected chi connectivity index (χ3v) is 6.14. The van der Waals surface area contributed by atoms with Gasteiger partial charge in [0.05, 0.1) is 24.9 Å². The molecule has 1 unspecified atom stereocenters. The first-order valence-electron chi connectivity index (χ1n) is 12.2. The van der Waals surface area contributed by atoms with Crippen LogP contribution < -0.4 is 9.47 Å². The van der Waals surface area contributed by atoms with E-state index in [2.05, 4.69) is 0 Å². The van der Waals surface area contributed by atoms with Crippen LogP contribution in [0.4, 0.5) is 0 Å². The first-order valence-corrected chi connectivity index (χ1v) is 7.74. The van der Waals surface area contributed by atoms with Crippen LogP contribution in [-0.4, -0.2) is 55.5 Å². The van der Waals surface area contributed by atoms with Gasteiger partial charge in [-0.15, -0.1) is 0 Å². The fourth-order valence-electron chi connectivity index (χ4n) is 5.20. The number of ether oxygens (including phenoxy) is 2. The Balaban J connectivity index is 1.84. The Morgan fingerprint density at radius 2 is 2.52 bits per heavy atom. The molecule has 4 aliphatic rings. The molecule has 0 radical (unpaired) electrons. The number of methoxy groups -OCH3 is 1. The summed E-state index contributed by atoms with van der Waals surface area (Å²) in [6.45, 7) is -2.42. The van der Waals surface area contributed by atoms with Crippen LogP contribution in [0.5, 0.6) is 11.5 Å². The van der Waals surface area contributed by atoms with Crippen molar-refractivity contribution in [2.45, 2.75) is 48.8 Å². The maximum Gasteiger partial charge on any atom is 0.211 e. The number of carbonyl (C=O) groups excluding carboxylic acids is 1. The van der Waals surface area contributed by atoms with E-state index >= 15 is 0 Å². The van der Waals surface area contributed by atoms with E-state index in [0.717, 1.165) is 0 Å². The van der Waals surface area contributed by atoms with E-state index in [1.54, 1.807) is 0 Å². The molecular formula is C18H21NO4. The summed E-state index contributed by atoms with van der Waals surface area (Å²) in [7, 11) is -2.92. The summed E-state index contributed by atoms with van der Waals surface area (Å²) in [6.07, 6.45) is -0.962. The van der Waals surface area contributed by atoms with E-state index in [1.807, 2.05) is 0 Å². The van der Waals surface area contributed by atoms with Crippen LogP contribution in [-0.2, 0) is 16.6 Å². The van der Waals surface area contributed by atoms with Crippen molar-refractivity contribution >= 4 is 5.78 Å². The molecule has 1 saturated heterocycles. The highest BCUT2D eigenvalue weighted by atomic mass is 16.5. The number of benzene rings is 1. The summed E-state index contributed by atoms with van der Waals surface area (Å²) in [5.74, 6) is -0.804. The summed E-state index contributed by atoms with van der Waals surface area (Å²) >= 11 is 0. The molecule has 0 amide bonds. The van der Waals surface area contributed by atoms with E-state index < -0.39 is 49.0 Å². The third-order valence-electron chi connectivity index (χ3n) is 6.14. The number of hydrogen-bond donors (Lipinski definition) is 1. The van der Waals surface area contributed by atoms with Gasteiger partial charge in [-0.25, -0.2) is 0 Å². The topological polar surface area (TPSA) is 59.0 Å². The standard InChI is InChI=1S/C18H21NO4/c1-19-8-7-17-14-10-3-4-12(22-2)15(14)23-16(17)11(20)5-6-18(17,21)13(19)9-10/h3-4,13,16,21H,5-9H2,1-2H3/t13-,16?,17+,18-/m1/s1/i1D3,2D3,3D,4D,21D. The van der Waals surface area contributed by atoms with Gasteiger partial charge in [-0.3, -0.25) is 4.79 Å². The Morgan fingerprint density at radius 1 is 1.57 bits per heavy atom. The number of ketones is 1. The van der Waals surface area contributed by atoms with Crippen LogP contribution in [0.3, 0.4) is 0 Å². The Kier molecular flexibility index (Phi) is 1.34. The average molecular weight is 324 g/mol. The fourth-order valence-corrected chi connectivity index (χ4v) is 5.20. The average Bonchev–Trinajstić information content (AvgIpc) is 3.02. The van der Waals surface area contributed by atoms with Crippen molar-refractivity contribution in [2.24, 2.45) is 0 Å². The number of nitrogens with zero attached hydrogens (tertiary/aromatic N) is 1. The maximum absolute atomic E-state index is 13.0. The van der Waals surface area contributed by atoms with E-state index in [1.165, 1.54) is 4.90 Å². The van der Waals surface area contributed by atoms with Crippen LogP contribution in [0, 0.1) is 0 Å². The zero-order valence-electron chi connectivity index (χ0n) is 21.3. The predicted octanol–water partition coefficient (Wildman–Crippen LogP) is 1.05. The highest BCUT2D eigenvalue weighted by Crippen LogP contribution is 2.64. The molecule has 5 nitrogen and oxygen atoms in total. The number of carbonyl (C=O) groups is 1. The first-order chi connectivity index (χ1) is 14.8. The van der Waals surface area contributed by atoms with Crippen LogP contribution in [0.25, 0.3) is 0 Å². The summed E-state index contributed by atoms with van der Waals surface area (Å²) in [6, 6.07) is -1.66. The SMILES string of the molecule is [2H]O[C@@]12CCC(=O)C3Oc4c(OC([2H])([2H])[2H])c([2H])c([2H])c5c4[C@@]31CCN(C([2H])([2H])[2H])[C@@H]2C5. The van der Waals surface area contributed by atoms with Crippen molar-refractivity contribution in [3.8, 4) is 11.5 Å². The van der Waals surface area contributed by atoms with Gasteiger partial charge in [0.15, 0.2) is 23.4 Å². The van der Waals surface area contributed by atoms with E-state index in [9.17, 15) is 4.79 Å². The van der Waals surface area contributed by atoms with Gasteiger partial charge in [-0.1, -0.05) is 6.04 Å². The lowest BCUT2D eigenvalue weighted by atomic mass is 9.49. The summed E-state index contributed by atoms with van der Waals surface area (Å²) in [5.41, 5.74) is -2.02. The zero-order chi connectivity index (χ0) is 23.4. The van der Waals surface area contributed by atoms with Crippen molar-refractivity contribution < 1.29 is 30.3 Å². The smallest absolute Gasteiger partial charge is 0.211 e. The second-order valence-corrected chi connectivity index (χ2v) is 6.85. The number of piperidine rings is 1. The van der Waals surface area contributed by atoms with E-state index in [0.29, 0.717) is 11.1 Å². The Labute approximate surface area is 147 Å². The summed E-state index contributed by atoms with van der Waals surface area (Å²) in [5, 5.41) is 5.35. The molecule has 2 aliphatic heterocycles. The van der Waals surface area contributed by atoms with Gasteiger partial charge in [0.2, 0.25) is 1.43 Å². The summed E-state index contributed by atoms with van der Waals surface area (Å²) < 4.78 is 82.5. The van der Waals surface area contributed by atoms with E-state index in [4.69, 9.17) is 27.0 Å². The largest absolute Gasteiger partial charge is 0.493 e. The first kappa shape index (κ1) is 7.53. The van der Waals surface area contributed by atoms with Crippen molar-refractivity contribution in [3.05, 3.63) is 23.2 Å². The number of hydrogen-bond acceptors (Lipinski definition) is 5. The van der Waals surface area contributed by atoms with Gasteiger partial charge in [0.25, 0.3) is 0 Å². The van der Waals surface area contributed by atoms with Crippen LogP contribution >= 0.6 is 0 Å². The quantitative estimate of drug-likeness (QED) is 0.881. The molecule has 122 valence electrons. The van der Waals surface area contributed by atoms with Crippen molar-refractivity contribution in [3.63, 3.8) is 0 Å². The minimum Gasteiger partial charge on any atom is -0.493 e. The lowest BCUT2D eigenvalue weighted by Gasteiger charge is -2.62. The second-order valence-electron chi connectivity index (χ2n) is 6.85. The van der Waals surface area contributed by atoms with Gasteiger partial charge in [0, 0.05) is 22.1 Å². The lowest BCUT2D eigenvalue weighted by molar-refractivity contribution is -0.185. The van der Waals surface area contributed by atoms with Gasteiger partial charge >= 0.3 is 0 Å². The molecule has 5 rings (SSSR count). The molecule has 1 aromatic rings. The molecule has 2 heterocycles. The number of rotatable bonds is 2. The van der Waals surface area contributed by atoms with Crippen LogP contribution in [0.2, 0.25) is 0 Å². The monoisotopic (exact) mass is 324 g/mol. The zero-order valence-corrected chi connectivity index (χ0v) is 12.3. The number of Topliss-reactive ketones (excluding diaryl/α,β-unsaturated/α-hetero) is 1. The Morgan fingerprint density at radius 3 is 3.35 bits per heavy atom. The van der Waals surface area contributed by atoms with Gasteiger partial charge < -0.3 is 19.5 Å². The molecule has 2 aliphatic carbocycles. The van der Waals surface area contributed by atoms with Gasteiger partial charge in [0.1, 0.15) is 0 Å². The minimum absolute atomic E-state index is 0.00309. The summed E-state index contributed by atoms with van der Waals surface area (Å²) in [4.78, 5) is 14.3. The van der Waals surface area contributed by atoms with Crippen LogP contribution in [0.15, 0.2) is 12.1 Å². The number of likely N-dealkylation sites (N-methyl/N-ethyl adjacent to an activating group) is 1. The molecule has 1 aromatic carbocycles. The highest BCUT2D eigenvalue weighted by Gasteiger charge is 2.72. The molecule has 1 N–H and O–H groups in total. The highest BCUT2D eigenvalue weighted by molar-refractivity contribution is 5.90.